The summed E-state index contributed by atoms with van der Waals surface area (Å²) in [5.41, 5.74) is 4.08. The highest BCUT2D eigenvalue weighted by Crippen LogP contribution is 2.28. The second-order valence-corrected chi connectivity index (χ2v) is 6.14. The zero-order valence-corrected chi connectivity index (χ0v) is 14.4. The molecule has 1 N–H and O–H groups in total. The van der Waals surface area contributed by atoms with Gasteiger partial charge in [0.05, 0.1) is 20.3 Å². The number of methoxy groups -OCH3 is 2. The number of nitrogens with one attached hydrogen (secondary N) is 1. The van der Waals surface area contributed by atoms with E-state index < -0.39 is 0 Å². The minimum atomic E-state index is 0.0220. The van der Waals surface area contributed by atoms with Gasteiger partial charge in [-0.2, -0.15) is 0 Å². The molecule has 1 aromatic carbocycles. The van der Waals surface area contributed by atoms with Crippen molar-refractivity contribution < 1.29 is 14.3 Å². The van der Waals surface area contributed by atoms with Gasteiger partial charge >= 0.3 is 0 Å². The van der Waals surface area contributed by atoms with Crippen LogP contribution >= 0.6 is 0 Å². The fourth-order valence-electron chi connectivity index (χ4n) is 3.12. The van der Waals surface area contributed by atoms with Crippen molar-refractivity contribution >= 4 is 11.7 Å². The third-order valence-electron chi connectivity index (χ3n) is 4.58. The molecule has 1 amide bonds. The number of amidine groups is 1. The van der Waals surface area contributed by atoms with Gasteiger partial charge < -0.3 is 14.4 Å². The standard InChI is InChI=1S/C17H24N4O3/c1-20-8-6-13(7-9-20)21-16(22)11-18-17(19-21)12-4-5-14(23-2)15(10-12)24-3/h4-5,10,13H,6-9,11H2,1-3H3,(H,18,19). The summed E-state index contributed by atoms with van der Waals surface area (Å²) in [6.45, 7) is 2.17. The van der Waals surface area contributed by atoms with Gasteiger partial charge in [-0.1, -0.05) is 0 Å². The molecule has 2 aliphatic rings. The number of rotatable bonds is 4. The average Bonchev–Trinajstić information content (AvgIpc) is 2.62. The van der Waals surface area contributed by atoms with Crippen LogP contribution in [0.1, 0.15) is 18.4 Å². The van der Waals surface area contributed by atoms with E-state index in [9.17, 15) is 4.79 Å². The van der Waals surface area contributed by atoms with Gasteiger partial charge in [0.2, 0.25) is 0 Å². The van der Waals surface area contributed by atoms with Gasteiger partial charge in [0.1, 0.15) is 12.4 Å². The number of carbonyl (C=O) groups excluding carboxylic acids is 1. The molecule has 0 bridgehead atoms. The molecule has 0 radical (unpaired) electrons. The molecule has 0 spiro atoms. The molecule has 0 saturated carbocycles. The Morgan fingerprint density at radius 1 is 1.17 bits per heavy atom. The van der Waals surface area contributed by atoms with Crippen LogP contribution in [0.2, 0.25) is 0 Å². The summed E-state index contributed by atoms with van der Waals surface area (Å²) in [5.74, 6) is 2.02. The van der Waals surface area contributed by atoms with Gasteiger partial charge in [0.25, 0.3) is 5.91 Å². The zero-order valence-electron chi connectivity index (χ0n) is 14.4. The summed E-state index contributed by atoms with van der Waals surface area (Å²) in [6, 6.07) is 5.83. The van der Waals surface area contributed by atoms with Crippen molar-refractivity contribution in [2.75, 3.05) is 40.9 Å². The summed E-state index contributed by atoms with van der Waals surface area (Å²) in [6.07, 6.45) is 1.93. The number of ether oxygens (including phenoxy) is 2. The van der Waals surface area contributed by atoms with Crippen molar-refractivity contribution in [3.8, 4) is 11.5 Å². The van der Waals surface area contributed by atoms with Crippen LogP contribution in [-0.4, -0.2) is 68.6 Å². The Labute approximate surface area is 142 Å². The van der Waals surface area contributed by atoms with E-state index in [0.717, 1.165) is 31.5 Å². The first-order valence-electron chi connectivity index (χ1n) is 8.16. The van der Waals surface area contributed by atoms with Gasteiger partial charge in [-0.25, -0.2) is 0 Å². The SMILES string of the molecule is COc1ccc(C2=NCC(=O)N(C3CCN(C)CC3)N2)cc1OC. The van der Waals surface area contributed by atoms with Crippen molar-refractivity contribution in [1.29, 1.82) is 0 Å². The third-order valence-corrected chi connectivity index (χ3v) is 4.58. The predicted molar refractivity (Wildman–Crippen MR) is 91.5 cm³/mol. The maximum atomic E-state index is 12.3. The number of nitrogens with zero attached hydrogens (tertiary/aromatic N) is 3. The first kappa shape index (κ1) is 16.6. The number of benzene rings is 1. The van der Waals surface area contributed by atoms with E-state index in [4.69, 9.17) is 9.47 Å². The van der Waals surface area contributed by atoms with E-state index in [-0.39, 0.29) is 18.5 Å². The minimum Gasteiger partial charge on any atom is -0.493 e. The highest BCUT2D eigenvalue weighted by atomic mass is 16.5. The lowest BCUT2D eigenvalue weighted by Gasteiger charge is -2.39. The van der Waals surface area contributed by atoms with Crippen LogP contribution in [0.25, 0.3) is 0 Å². The number of hydrogen-bond acceptors (Lipinski definition) is 6. The van der Waals surface area contributed by atoms with Gasteiger partial charge in [0, 0.05) is 5.56 Å². The van der Waals surface area contributed by atoms with E-state index in [1.807, 2.05) is 18.2 Å². The van der Waals surface area contributed by atoms with E-state index >= 15 is 0 Å². The fourth-order valence-corrected chi connectivity index (χ4v) is 3.12. The molecule has 1 fully saturated rings. The summed E-state index contributed by atoms with van der Waals surface area (Å²) in [5, 5.41) is 1.76. The molecule has 0 unspecified atom stereocenters. The number of likely N-dealkylation sites (tertiary alicyclic amines) is 1. The van der Waals surface area contributed by atoms with Crippen LogP contribution in [0.15, 0.2) is 23.2 Å². The molecule has 2 heterocycles. The second kappa shape index (κ2) is 7.09. The number of amides is 1. The van der Waals surface area contributed by atoms with Crippen LogP contribution in [0.5, 0.6) is 11.5 Å². The van der Waals surface area contributed by atoms with Crippen molar-refractivity contribution in [3.63, 3.8) is 0 Å². The lowest BCUT2D eigenvalue weighted by Crippen LogP contribution is -2.58. The van der Waals surface area contributed by atoms with Crippen LogP contribution in [0.3, 0.4) is 0 Å². The Hall–Kier alpha value is -2.28. The van der Waals surface area contributed by atoms with Crippen LogP contribution < -0.4 is 14.9 Å². The number of carbonyl (C=O) groups is 1. The summed E-state index contributed by atoms with van der Waals surface area (Å²) in [7, 11) is 5.32. The predicted octanol–water partition coefficient (Wildman–Crippen LogP) is 0.891. The maximum Gasteiger partial charge on any atom is 0.262 e. The minimum absolute atomic E-state index is 0.0220. The quantitative estimate of drug-likeness (QED) is 0.887. The zero-order chi connectivity index (χ0) is 17.1. The molecule has 24 heavy (non-hydrogen) atoms. The highest BCUT2D eigenvalue weighted by molar-refractivity contribution is 6.03. The summed E-state index contributed by atoms with van der Waals surface area (Å²) >= 11 is 0. The number of hydrazine groups is 1. The lowest BCUT2D eigenvalue weighted by molar-refractivity contribution is -0.135. The summed E-state index contributed by atoms with van der Waals surface area (Å²) < 4.78 is 10.6. The van der Waals surface area contributed by atoms with Crippen molar-refractivity contribution in [2.45, 2.75) is 18.9 Å². The molecular weight excluding hydrogens is 308 g/mol. The molecule has 3 rings (SSSR count). The van der Waals surface area contributed by atoms with Crippen LogP contribution in [0.4, 0.5) is 0 Å². The Balaban J connectivity index is 1.78. The molecule has 2 aliphatic heterocycles. The van der Waals surface area contributed by atoms with Gasteiger partial charge in [-0.15, -0.1) is 0 Å². The molecule has 7 heteroatoms. The van der Waals surface area contributed by atoms with E-state index in [2.05, 4.69) is 22.4 Å². The molecule has 0 atom stereocenters. The van der Waals surface area contributed by atoms with Crippen LogP contribution in [0, 0.1) is 0 Å². The molecule has 0 aromatic heterocycles. The topological polar surface area (TPSA) is 66.4 Å². The molecule has 1 saturated heterocycles. The molecule has 1 aromatic rings. The summed E-state index contributed by atoms with van der Waals surface area (Å²) in [4.78, 5) is 18.9. The smallest absolute Gasteiger partial charge is 0.262 e. The van der Waals surface area contributed by atoms with Crippen molar-refractivity contribution in [1.82, 2.24) is 15.3 Å². The highest BCUT2D eigenvalue weighted by Gasteiger charge is 2.30. The van der Waals surface area contributed by atoms with Gasteiger partial charge in [-0.05, 0) is 51.2 Å². The van der Waals surface area contributed by atoms with E-state index in [0.29, 0.717) is 17.3 Å². The number of hydrogen-bond donors (Lipinski definition) is 1. The maximum absolute atomic E-state index is 12.3. The lowest BCUT2D eigenvalue weighted by atomic mass is 10.0. The van der Waals surface area contributed by atoms with E-state index in [1.165, 1.54) is 0 Å². The van der Waals surface area contributed by atoms with Crippen molar-refractivity contribution in [3.05, 3.63) is 23.8 Å². The number of aliphatic imine (C=N–C) groups is 1. The van der Waals surface area contributed by atoms with E-state index in [1.54, 1.807) is 19.2 Å². The largest absolute Gasteiger partial charge is 0.493 e. The average molecular weight is 332 g/mol. The van der Waals surface area contributed by atoms with Gasteiger partial charge in [0.15, 0.2) is 11.5 Å². The Kier molecular flexibility index (Phi) is 4.89. The van der Waals surface area contributed by atoms with Crippen LogP contribution in [-0.2, 0) is 4.79 Å². The fraction of sp³-hybridized carbons (Fsp3) is 0.529. The number of piperidine rings is 1. The molecule has 0 aliphatic carbocycles. The normalized spacial score (nSPS) is 19.7. The molecule has 130 valence electrons. The van der Waals surface area contributed by atoms with Gasteiger partial charge in [-0.3, -0.25) is 20.2 Å². The Bertz CT molecular complexity index is 639. The molecular formula is C17H24N4O3. The monoisotopic (exact) mass is 332 g/mol. The van der Waals surface area contributed by atoms with Crippen molar-refractivity contribution in [2.24, 2.45) is 4.99 Å². The third kappa shape index (κ3) is 3.31. The molecule has 7 nitrogen and oxygen atoms in total. The first-order chi connectivity index (χ1) is 11.6. The second-order valence-electron chi connectivity index (χ2n) is 6.14. The Morgan fingerprint density at radius 2 is 1.88 bits per heavy atom. The first-order valence-corrected chi connectivity index (χ1v) is 8.16. The Morgan fingerprint density at radius 3 is 2.54 bits per heavy atom.